The number of hydrogen-bond donors (Lipinski definition) is 4. The van der Waals surface area contributed by atoms with Gasteiger partial charge in [-0.1, -0.05) is 24.3 Å². The van der Waals surface area contributed by atoms with E-state index in [-0.39, 0.29) is 66.5 Å². The molecular weight excluding hydrogens is 1230 g/mol. The van der Waals surface area contributed by atoms with Gasteiger partial charge >= 0.3 is 33.0 Å². The van der Waals surface area contributed by atoms with Crippen molar-refractivity contribution >= 4 is 23.5 Å². The van der Waals surface area contributed by atoms with Crippen LogP contribution in [-0.2, 0) is 77.8 Å². The summed E-state index contributed by atoms with van der Waals surface area (Å²) in [7, 11) is -9.89. The Morgan fingerprint density at radius 1 is 0.378 bits per heavy atom. The second kappa shape index (κ2) is 45.2. The minimum absolute atomic E-state index is 0. The van der Waals surface area contributed by atoms with Crippen molar-refractivity contribution in [1.82, 2.24) is 80.7 Å². The zero-order chi connectivity index (χ0) is 56.5. The first-order valence-corrected chi connectivity index (χ1v) is 24.3. The normalized spacial score (nSPS) is 9.56. The third-order valence-electron chi connectivity index (χ3n) is 8.02. The summed E-state index contributed by atoms with van der Waals surface area (Å²) in [6.07, 6.45) is 14.2. The van der Waals surface area contributed by atoms with Crippen molar-refractivity contribution in [3.8, 4) is 46.1 Å². The van der Waals surface area contributed by atoms with Crippen LogP contribution < -0.4 is 47.5 Å². The number of carbonyl (C=O) groups is 4. The zero-order valence-corrected chi connectivity index (χ0v) is 46.9. The van der Waals surface area contributed by atoms with Gasteiger partial charge in [-0.3, -0.25) is 40.3 Å². The molecule has 82 heavy (non-hydrogen) atoms. The maximum Gasteiger partial charge on any atom is 2.00 e. The van der Waals surface area contributed by atoms with E-state index in [1.807, 2.05) is 72.8 Å². The predicted molar refractivity (Wildman–Crippen MR) is 249 cm³/mol. The molecule has 8 aromatic rings. The van der Waals surface area contributed by atoms with E-state index >= 15 is 0 Å². The van der Waals surface area contributed by atoms with Crippen LogP contribution in [0, 0.1) is 20.5 Å². The summed E-state index contributed by atoms with van der Waals surface area (Å²) in [5, 5.41) is 46.7. The molecule has 0 amide bonds. The summed E-state index contributed by atoms with van der Waals surface area (Å²) in [6.45, 7) is 6.11. The van der Waals surface area contributed by atoms with Gasteiger partial charge in [-0.05, 0) is 102 Å². The second-order valence-electron chi connectivity index (χ2n) is 14.8. The SMILES string of the molecule is CC(C)=O.CC(C)=O.O.O.O.O.O=C([O-])C(=O)[O-].[Ni+2].[Ni+2].[O-][Cl+3]([O-])([O-])[O-].[O-][Cl+3]([O-])([O-])[O-].c1ccc(-c2n[nH]c(CCCCc3nc(-c4ccccn4)n[nH]3)n2)nc1.c1ccc(-c2n[nH]c(CCCCc3nc(-c4ccccn4)n[nH]3)n2)nc1. The molecule has 0 radical (unpaired) electrons. The topological polar surface area (TPSA) is 643 Å². The number of hydrogen-bond acceptors (Lipinski definition) is 26. The minimum Gasteiger partial charge on any atom is -0.543 e. The molecule has 0 saturated carbocycles. The molecule has 0 saturated heterocycles. The van der Waals surface area contributed by atoms with Crippen molar-refractivity contribution < 1.29 is 142 Å². The molecule has 454 valence electrons. The first kappa shape index (κ1) is 83.3. The number of pyridine rings is 4. The number of carboxylic acids is 2. The number of carboxylic acid groups (broad SMARTS) is 2. The van der Waals surface area contributed by atoms with Crippen molar-refractivity contribution in [2.45, 2.75) is 79.1 Å². The first-order chi connectivity index (χ1) is 35.9. The summed E-state index contributed by atoms with van der Waals surface area (Å²) in [4.78, 5) is 71.7. The van der Waals surface area contributed by atoms with Gasteiger partial charge < -0.3 is 51.3 Å². The summed E-state index contributed by atoms with van der Waals surface area (Å²) in [6, 6.07) is 22.8. The van der Waals surface area contributed by atoms with Crippen LogP contribution in [0.25, 0.3) is 46.1 Å². The Kier molecular flexibility index (Phi) is 45.9. The fourth-order valence-electron chi connectivity index (χ4n) is 5.24. The van der Waals surface area contributed by atoms with Gasteiger partial charge in [-0.25, -0.2) is 57.2 Å². The molecule has 12 N–H and O–H groups in total. The van der Waals surface area contributed by atoms with Crippen LogP contribution in [0.3, 0.4) is 0 Å². The molecule has 0 aromatic carbocycles. The molecule has 8 rings (SSSR count). The summed E-state index contributed by atoms with van der Waals surface area (Å²) < 4.78 is 67.9. The van der Waals surface area contributed by atoms with Gasteiger partial charge in [0.25, 0.3) is 0 Å². The Morgan fingerprint density at radius 3 is 0.683 bits per heavy atom. The Labute approximate surface area is 490 Å². The first-order valence-electron chi connectivity index (χ1n) is 21.8. The number of nitrogens with zero attached hydrogens (tertiary/aromatic N) is 12. The molecule has 0 aliphatic carbocycles. The third kappa shape index (κ3) is 41.5. The smallest absolute Gasteiger partial charge is 0.543 e. The number of aromatic amines is 4. The number of halogens is 2. The van der Waals surface area contributed by atoms with Crippen molar-refractivity contribution in [2.24, 2.45) is 0 Å². The van der Waals surface area contributed by atoms with Gasteiger partial charge in [0.05, 0.1) is 11.9 Å². The van der Waals surface area contributed by atoms with E-state index in [1.165, 1.54) is 27.7 Å². The van der Waals surface area contributed by atoms with E-state index < -0.39 is 32.4 Å². The monoisotopic (exact) mass is 1280 g/mol. The summed E-state index contributed by atoms with van der Waals surface area (Å²) >= 11 is 0. The molecule has 0 unspecified atom stereocenters. The van der Waals surface area contributed by atoms with Crippen LogP contribution >= 0.6 is 0 Å². The quantitative estimate of drug-likeness (QED) is 0.0446. The molecule has 8 heterocycles. The zero-order valence-electron chi connectivity index (χ0n) is 43.4. The number of unbranched alkanes of at least 4 members (excludes halogenated alkanes) is 2. The number of aryl methyl sites for hydroxylation is 4. The van der Waals surface area contributed by atoms with E-state index in [1.54, 1.807) is 24.8 Å². The minimum atomic E-state index is -4.94. The number of aliphatic carboxylic acids is 2. The Balaban J connectivity index is -0.000000329. The molecule has 0 aliphatic heterocycles. The molecule has 0 fully saturated rings. The molecule has 34 nitrogen and oxygen atoms in total. The molecule has 0 spiro atoms. The Morgan fingerprint density at radius 2 is 0.549 bits per heavy atom. The molecule has 8 aromatic heterocycles. The van der Waals surface area contributed by atoms with Crippen molar-refractivity contribution in [2.75, 3.05) is 0 Å². The van der Waals surface area contributed by atoms with Crippen LogP contribution in [0.1, 0.15) is 76.7 Å². The second-order valence-corrected chi connectivity index (χ2v) is 16.4. The van der Waals surface area contributed by atoms with Crippen LogP contribution in [0.4, 0.5) is 0 Å². The van der Waals surface area contributed by atoms with Crippen LogP contribution in [0.2, 0.25) is 0 Å². The predicted octanol–water partition coefficient (Wildman–Crippen LogP) is -9.91. The van der Waals surface area contributed by atoms with Gasteiger partial charge in [-0.2, -0.15) is 20.4 Å². The Bertz CT molecular complexity index is 2530. The number of Topliss-reactive ketones (excluding diaryl/α,β-unsaturated/α-hetero) is 2. The van der Waals surface area contributed by atoms with Crippen molar-refractivity contribution in [3.63, 3.8) is 0 Å². The van der Waals surface area contributed by atoms with Crippen LogP contribution in [0.15, 0.2) is 97.6 Å². The van der Waals surface area contributed by atoms with Crippen LogP contribution in [0.5, 0.6) is 0 Å². The van der Waals surface area contributed by atoms with Crippen LogP contribution in [-0.4, -0.2) is 126 Å². The number of nitrogens with one attached hydrogen (secondary N) is 4. The van der Waals surface area contributed by atoms with Crippen molar-refractivity contribution in [1.29, 1.82) is 0 Å². The average molecular weight is 1290 g/mol. The van der Waals surface area contributed by atoms with E-state index in [0.717, 1.165) is 97.4 Å². The van der Waals surface area contributed by atoms with Gasteiger partial charge in [0.1, 0.15) is 57.6 Å². The van der Waals surface area contributed by atoms with Gasteiger partial charge in [0.2, 0.25) is 0 Å². The molecule has 38 heteroatoms. The Hall–Kier alpha value is -7.47. The molecular formula is C44H56Cl2N16Ni2O18. The maximum atomic E-state index is 9.44. The third-order valence-corrected chi connectivity index (χ3v) is 8.02. The largest absolute Gasteiger partial charge is 2.00 e. The fraction of sp³-hybridized carbons (Fsp3) is 0.273. The van der Waals surface area contributed by atoms with Crippen molar-refractivity contribution in [3.05, 3.63) is 121 Å². The number of aromatic nitrogens is 16. The van der Waals surface area contributed by atoms with Gasteiger partial charge in [0, 0.05) is 50.5 Å². The molecule has 0 aliphatic rings. The standard InChI is InChI=1S/2C18H18N8.2C3H6O.C2H2O4.2ClHO4.2Ni.4H2O/c2*1(9-15-21-17(25-23-15)13-7-3-5-11-19-13)2-10-16-22-18(26-24-16)14-8-4-6-12-20-14;2*1-3(2)4;3-1(4)2(5)6;2*2-1(3,4)5;;;;;;/h2*3-8,11-12H,1-2,9-10H2,(H,21,23,25)(H,22,24,26);2*1-2H3;(H,3,4)(H,5,6);2*(H,2,3,4,5);;;4*1H2/q;;;;;;;2*+2;;;;/p-4. The maximum absolute atomic E-state index is 9.44. The summed E-state index contributed by atoms with van der Waals surface area (Å²) in [5.41, 5.74) is 3.11. The fourth-order valence-corrected chi connectivity index (χ4v) is 5.24. The number of H-pyrrole nitrogens is 4. The molecule has 0 atom stereocenters. The number of carbonyl (C=O) groups excluding carboxylic acids is 4. The van der Waals surface area contributed by atoms with E-state index in [4.69, 9.17) is 57.1 Å². The van der Waals surface area contributed by atoms with E-state index in [0.29, 0.717) is 23.3 Å². The van der Waals surface area contributed by atoms with Gasteiger partial charge in [0.15, 0.2) is 23.3 Å². The summed E-state index contributed by atoms with van der Waals surface area (Å²) in [5.74, 6) is 1.99. The van der Waals surface area contributed by atoms with E-state index in [2.05, 4.69) is 80.7 Å². The average Bonchev–Trinajstić information content (AvgIpc) is 4.21. The number of ketones is 2. The molecule has 0 bridgehead atoms. The van der Waals surface area contributed by atoms with Gasteiger partial charge in [-0.15, -0.1) is 20.5 Å². The van der Waals surface area contributed by atoms with E-state index in [9.17, 15) is 9.59 Å². The number of rotatable bonds is 14.